The van der Waals surface area contributed by atoms with E-state index < -0.39 is 0 Å². The molecule has 3 aromatic rings. The largest absolute Gasteiger partial charge is 0.457 e. The monoisotopic (exact) mass is 345 g/mol. The third-order valence-electron chi connectivity index (χ3n) is 5.25. The minimum atomic E-state index is -0.182. The normalized spacial score (nSPS) is 20.7. The maximum atomic E-state index is 12.9. The van der Waals surface area contributed by atoms with Crippen molar-refractivity contribution in [1.29, 1.82) is 0 Å². The third-order valence-corrected chi connectivity index (χ3v) is 5.25. The minimum Gasteiger partial charge on any atom is -0.457 e. The molecule has 26 heavy (non-hydrogen) atoms. The van der Waals surface area contributed by atoms with Crippen LogP contribution in [0.2, 0.25) is 0 Å². The zero-order valence-electron chi connectivity index (χ0n) is 14.4. The molecule has 0 radical (unpaired) electrons. The van der Waals surface area contributed by atoms with Crippen LogP contribution < -0.4 is 10.1 Å². The average molecular weight is 345 g/mol. The molecular weight excluding hydrogens is 326 g/mol. The van der Waals surface area contributed by atoms with Gasteiger partial charge >= 0.3 is 0 Å². The van der Waals surface area contributed by atoms with Crippen molar-refractivity contribution in [1.82, 2.24) is 15.1 Å². The number of nitrogens with zero attached hydrogens (tertiary/aromatic N) is 2. The molecule has 0 bridgehead atoms. The summed E-state index contributed by atoms with van der Waals surface area (Å²) >= 11 is 0. The molecule has 5 nitrogen and oxygen atoms in total. The first-order valence-electron chi connectivity index (χ1n) is 8.85. The van der Waals surface area contributed by atoms with Crippen LogP contribution in [0.3, 0.4) is 0 Å². The van der Waals surface area contributed by atoms with E-state index in [1.165, 1.54) is 0 Å². The number of carbonyl (C=O) groups is 1. The summed E-state index contributed by atoms with van der Waals surface area (Å²) in [6.07, 6.45) is 4.73. The predicted molar refractivity (Wildman–Crippen MR) is 97.0 cm³/mol. The quantitative estimate of drug-likeness (QED) is 0.790. The molecule has 1 amide bonds. The zero-order chi connectivity index (χ0) is 17.7. The van der Waals surface area contributed by atoms with E-state index in [0.717, 1.165) is 34.6 Å². The summed E-state index contributed by atoms with van der Waals surface area (Å²) in [4.78, 5) is 12.9. The minimum absolute atomic E-state index is 0.0152. The first-order chi connectivity index (χ1) is 12.7. The number of rotatable bonds is 3. The Morgan fingerprint density at radius 3 is 2.38 bits per heavy atom. The number of aryl methyl sites for hydroxylation is 1. The number of hydrogen-bond donors (Lipinski definition) is 1. The summed E-state index contributed by atoms with van der Waals surface area (Å²) in [5.74, 6) is 1.98. The highest BCUT2D eigenvalue weighted by atomic mass is 16.5. The first-order valence-corrected chi connectivity index (χ1v) is 8.85. The fraction of sp³-hybridized carbons (Fsp3) is 0.238. The molecule has 1 fully saturated rings. The lowest BCUT2D eigenvalue weighted by Crippen LogP contribution is -2.32. The number of fused-ring (bicyclic) bond motifs is 2. The van der Waals surface area contributed by atoms with Crippen molar-refractivity contribution < 1.29 is 9.53 Å². The van der Waals surface area contributed by atoms with Gasteiger partial charge in [0.05, 0.1) is 12.2 Å². The number of hydrogen-bond acceptors (Lipinski definition) is 3. The molecule has 1 aliphatic heterocycles. The van der Waals surface area contributed by atoms with Gasteiger partial charge in [0.2, 0.25) is 5.91 Å². The highest BCUT2D eigenvalue weighted by Crippen LogP contribution is 2.49. The van der Waals surface area contributed by atoms with Crippen LogP contribution in [0.25, 0.3) is 0 Å². The van der Waals surface area contributed by atoms with Crippen LogP contribution in [0.4, 0.5) is 0 Å². The average Bonchev–Trinajstić information content (AvgIpc) is 3.35. The molecule has 1 aliphatic carbocycles. The molecular formula is C21H19N3O2. The van der Waals surface area contributed by atoms with E-state index in [2.05, 4.69) is 10.4 Å². The highest BCUT2D eigenvalue weighted by Gasteiger charge is 2.45. The predicted octanol–water partition coefficient (Wildman–Crippen LogP) is 3.54. The fourth-order valence-corrected chi connectivity index (χ4v) is 3.80. The van der Waals surface area contributed by atoms with Gasteiger partial charge in [-0.05, 0) is 30.0 Å². The van der Waals surface area contributed by atoms with Gasteiger partial charge in [-0.25, -0.2) is 0 Å². The van der Waals surface area contributed by atoms with Gasteiger partial charge in [-0.2, -0.15) is 5.10 Å². The van der Waals surface area contributed by atoms with E-state index in [-0.39, 0.29) is 23.8 Å². The lowest BCUT2D eigenvalue weighted by Gasteiger charge is -2.28. The molecule has 2 heterocycles. The van der Waals surface area contributed by atoms with Crippen LogP contribution in [0, 0.1) is 5.92 Å². The Kier molecular flexibility index (Phi) is 3.35. The number of aromatic nitrogens is 2. The molecule has 1 aromatic heterocycles. The number of amides is 1. The summed E-state index contributed by atoms with van der Waals surface area (Å²) in [5, 5.41) is 7.47. The highest BCUT2D eigenvalue weighted by molar-refractivity contribution is 5.84. The Morgan fingerprint density at radius 2 is 1.77 bits per heavy atom. The Balaban J connectivity index is 1.41. The molecule has 2 atom stereocenters. The molecule has 5 heteroatoms. The molecule has 5 rings (SSSR count). The zero-order valence-corrected chi connectivity index (χ0v) is 14.4. The molecule has 0 spiro atoms. The van der Waals surface area contributed by atoms with Crippen LogP contribution in [0.15, 0.2) is 60.9 Å². The number of carbonyl (C=O) groups excluding carboxylic acids is 1. The molecule has 1 N–H and O–H groups in total. The molecule has 2 unspecified atom stereocenters. The van der Waals surface area contributed by atoms with Crippen molar-refractivity contribution in [2.45, 2.75) is 18.4 Å². The van der Waals surface area contributed by atoms with Gasteiger partial charge in [0.15, 0.2) is 0 Å². The lowest BCUT2D eigenvalue weighted by molar-refractivity contribution is -0.122. The van der Waals surface area contributed by atoms with Gasteiger partial charge in [0, 0.05) is 30.3 Å². The Morgan fingerprint density at radius 1 is 1.12 bits per heavy atom. The molecule has 0 saturated heterocycles. The summed E-state index contributed by atoms with van der Waals surface area (Å²) in [6.45, 7) is 0. The number of nitrogens with one attached hydrogen (secondary N) is 1. The smallest absolute Gasteiger partial charge is 0.224 e. The van der Waals surface area contributed by atoms with Crippen molar-refractivity contribution in [2.24, 2.45) is 13.0 Å². The van der Waals surface area contributed by atoms with E-state index in [9.17, 15) is 4.79 Å². The topological polar surface area (TPSA) is 56.2 Å². The van der Waals surface area contributed by atoms with Gasteiger partial charge in [-0.1, -0.05) is 36.4 Å². The SMILES string of the molecule is Cn1cc(C2CC2C(=O)NC2c3ccccc3Oc3ccccc32)cn1. The van der Waals surface area contributed by atoms with E-state index in [4.69, 9.17) is 4.74 Å². The third kappa shape index (κ3) is 2.47. The second-order valence-electron chi connectivity index (χ2n) is 7.02. The Bertz CT molecular complexity index is 949. The van der Waals surface area contributed by atoms with Crippen LogP contribution in [-0.2, 0) is 11.8 Å². The summed E-state index contributed by atoms with van der Waals surface area (Å²) < 4.78 is 7.78. The van der Waals surface area contributed by atoms with E-state index in [0.29, 0.717) is 0 Å². The van der Waals surface area contributed by atoms with Crippen molar-refractivity contribution in [3.8, 4) is 11.5 Å². The van der Waals surface area contributed by atoms with Gasteiger partial charge in [0.25, 0.3) is 0 Å². The number of ether oxygens (including phenoxy) is 1. The van der Waals surface area contributed by atoms with Crippen LogP contribution in [-0.4, -0.2) is 15.7 Å². The molecule has 1 saturated carbocycles. The summed E-state index contributed by atoms with van der Waals surface area (Å²) in [7, 11) is 1.90. The van der Waals surface area contributed by atoms with Crippen LogP contribution in [0.5, 0.6) is 11.5 Å². The van der Waals surface area contributed by atoms with Crippen LogP contribution in [0.1, 0.15) is 35.1 Å². The van der Waals surface area contributed by atoms with E-state index >= 15 is 0 Å². The van der Waals surface area contributed by atoms with Crippen LogP contribution >= 0.6 is 0 Å². The van der Waals surface area contributed by atoms with E-state index in [1.807, 2.05) is 68.0 Å². The second-order valence-corrected chi connectivity index (χ2v) is 7.02. The number of benzene rings is 2. The molecule has 2 aliphatic rings. The standard InChI is InChI=1S/C21H19N3O2/c1-24-12-13(11-22-24)16-10-17(16)21(25)23-20-14-6-2-4-8-18(14)26-19-9-5-3-7-15(19)20/h2-9,11-12,16-17,20H,10H2,1H3,(H,23,25). The lowest BCUT2D eigenvalue weighted by atomic mass is 9.94. The summed E-state index contributed by atoms with van der Waals surface area (Å²) in [6, 6.07) is 15.6. The van der Waals surface area contributed by atoms with Gasteiger partial charge < -0.3 is 10.1 Å². The molecule has 2 aromatic carbocycles. The molecule has 130 valence electrons. The Hall–Kier alpha value is -3.08. The van der Waals surface area contributed by atoms with Gasteiger partial charge in [-0.15, -0.1) is 0 Å². The van der Waals surface area contributed by atoms with E-state index in [1.54, 1.807) is 4.68 Å². The van der Waals surface area contributed by atoms with Crippen molar-refractivity contribution >= 4 is 5.91 Å². The maximum absolute atomic E-state index is 12.9. The fourth-order valence-electron chi connectivity index (χ4n) is 3.80. The summed E-state index contributed by atoms with van der Waals surface area (Å²) in [5.41, 5.74) is 3.14. The van der Waals surface area contributed by atoms with Gasteiger partial charge in [0.1, 0.15) is 11.5 Å². The second kappa shape index (κ2) is 5.73. The van der Waals surface area contributed by atoms with Gasteiger partial charge in [-0.3, -0.25) is 9.48 Å². The van der Waals surface area contributed by atoms with Crippen molar-refractivity contribution in [3.05, 3.63) is 77.6 Å². The first kappa shape index (κ1) is 15.2. The Labute approximate surface area is 151 Å². The maximum Gasteiger partial charge on any atom is 0.224 e. The number of para-hydroxylation sites is 2. The van der Waals surface area contributed by atoms with Crippen molar-refractivity contribution in [2.75, 3.05) is 0 Å². The van der Waals surface area contributed by atoms with Crippen molar-refractivity contribution in [3.63, 3.8) is 0 Å².